The fraction of sp³-hybridized carbons (Fsp3) is 0.812. The molecule has 0 saturated heterocycles. The topological polar surface area (TPSA) is 82.0 Å². The fourth-order valence-corrected chi connectivity index (χ4v) is 2.66. The first-order chi connectivity index (χ1) is 9.79. The predicted octanol–water partition coefficient (Wildman–Crippen LogP) is 2.27. The summed E-state index contributed by atoms with van der Waals surface area (Å²) >= 11 is 0. The van der Waals surface area contributed by atoms with E-state index in [1.807, 2.05) is 20.8 Å². The van der Waals surface area contributed by atoms with Crippen molar-refractivity contribution in [1.82, 2.24) is 10.6 Å². The van der Waals surface area contributed by atoms with E-state index in [1.165, 1.54) is 0 Å². The molecule has 0 aromatic rings. The molecule has 1 rings (SSSR count). The van der Waals surface area contributed by atoms with Crippen LogP contribution in [0.2, 0.25) is 0 Å². The molecule has 0 bridgehead atoms. The summed E-state index contributed by atoms with van der Waals surface area (Å²) in [5.41, 5.74) is -1.16. The zero-order valence-corrected chi connectivity index (χ0v) is 13.4. The molecule has 1 aliphatic rings. The number of hydrogen-bond donors (Lipinski definition) is 2. The molecular formula is C16H27N3O2. The van der Waals surface area contributed by atoms with E-state index in [2.05, 4.69) is 16.7 Å². The number of nitrogens with zero attached hydrogens (tertiary/aromatic N) is 1. The van der Waals surface area contributed by atoms with Gasteiger partial charge in [0.25, 0.3) is 0 Å². The number of carbonyl (C=O) groups is 2. The highest BCUT2D eigenvalue weighted by Gasteiger charge is 2.38. The van der Waals surface area contributed by atoms with E-state index in [0.717, 1.165) is 25.7 Å². The Balaban J connectivity index is 2.45. The number of carbonyl (C=O) groups excluding carboxylic acids is 2. The molecular weight excluding hydrogens is 266 g/mol. The van der Waals surface area contributed by atoms with Gasteiger partial charge in [-0.15, -0.1) is 0 Å². The van der Waals surface area contributed by atoms with E-state index in [9.17, 15) is 14.9 Å². The molecule has 0 aliphatic heterocycles. The van der Waals surface area contributed by atoms with Gasteiger partial charge in [-0.1, -0.05) is 25.7 Å². The van der Waals surface area contributed by atoms with Crippen LogP contribution in [0.25, 0.3) is 0 Å². The van der Waals surface area contributed by atoms with Crippen molar-refractivity contribution in [1.29, 1.82) is 5.26 Å². The summed E-state index contributed by atoms with van der Waals surface area (Å²) in [4.78, 5) is 24.0. The number of rotatable bonds is 4. The van der Waals surface area contributed by atoms with Gasteiger partial charge in [0.2, 0.25) is 11.8 Å². The van der Waals surface area contributed by atoms with Gasteiger partial charge in [0.15, 0.2) is 0 Å². The molecule has 118 valence electrons. The molecule has 0 radical (unpaired) electrons. The quantitative estimate of drug-likeness (QED) is 0.780. The number of amides is 2. The summed E-state index contributed by atoms with van der Waals surface area (Å²) in [5, 5.41) is 15.0. The van der Waals surface area contributed by atoms with Crippen LogP contribution in [-0.4, -0.2) is 23.9 Å². The summed E-state index contributed by atoms with van der Waals surface area (Å²) < 4.78 is 0. The van der Waals surface area contributed by atoms with Crippen LogP contribution in [0.5, 0.6) is 0 Å². The third-order valence-electron chi connectivity index (χ3n) is 3.76. The van der Waals surface area contributed by atoms with Crippen LogP contribution in [-0.2, 0) is 9.59 Å². The Morgan fingerprint density at radius 3 is 2.19 bits per heavy atom. The highest BCUT2D eigenvalue weighted by molar-refractivity contribution is 5.86. The van der Waals surface area contributed by atoms with Gasteiger partial charge in [-0.2, -0.15) is 5.26 Å². The van der Waals surface area contributed by atoms with Gasteiger partial charge in [0, 0.05) is 18.5 Å². The fourth-order valence-electron chi connectivity index (χ4n) is 2.66. The first kappa shape index (κ1) is 17.5. The Bertz CT molecular complexity index is 410. The lowest BCUT2D eigenvalue weighted by Gasteiger charge is -2.24. The second kappa shape index (κ2) is 7.44. The molecule has 2 N–H and O–H groups in total. The van der Waals surface area contributed by atoms with Crippen molar-refractivity contribution in [3.63, 3.8) is 0 Å². The van der Waals surface area contributed by atoms with Gasteiger partial charge in [-0.05, 0) is 33.6 Å². The van der Waals surface area contributed by atoms with E-state index >= 15 is 0 Å². The highest BCUT2D eigenvalue weighted by Crippen LogP contribution is 2.34. The first-order valence-corrected chi connectivity index (χ1v) is 7.80. The smallest absolute Gasteiger partial charge is 0.240 e. The molecule has 5 nitrogen and oxygen atoms in total. The Morgan fingerprint density at radius 2 is 1.71 bits per heavy atom. The van der Waals surface area contributed by atoms with Gasteiger partial charge in [0.05, 0.1) is 6.07 Å². The summed E-state index contributed by atoms with van der Waals surface area (Å²) in [7, 11) is 0. The molecule has 0 heterocycles. The maximum atomic E-state index is 12.3. The first-order valence-electron chi connectivity index (χ1n) is 7.80. The molecule has 0 aromatic heterocycles. The second-order valence-electron chi connectivity index (χ2n) is 6.91. The highest BCUT2D eigenvalue weighted by atomic mass is 16.2. The van der Waals surface area contributed by atoms with Crippen molar-refractivity contribution in [3.05, 3.63) is 0 Å². The van der Waals surface area contributed by atoms with Crippen molar-refractivity contribution in [2.24, 2.45) is 5.41 Å². The van der Waals surface area contributed by atoms with Gasteiger partial charge >= 0.3 is 0 Å². The van der Waals surface area contributed by atoms with E-state index in [0.29, 0.717) is 12.8 Å². The Hall–Kier alpha value is -1.57. The maximum absolute atomic E-state index is 12.3. The molecule has 0 unspecified atom stereocenters. The normalized spacial score (nSPS) is 18.2. The molecule has 0 spiro atoms. The Labute approximate surface area is 127 Å². The predicted molar refractivity (Wildman–Crippen MR) is 81.3 cm³/mol. The van der Waals surface area contributed by atoms with Crippen molar-refractivity contribution in [2.45, 2.75) is 71.3 Å². The molecule has 1 aliphatic carbocycles. The van der Waals surface area contributed by atoms with Crippen molar-refractivity contribution >= 4 is 11.8 Å². The molecule has 1 saturated carbocycles. The maximum Gasteiger partial charge on any atom is 0.240 e. The molecule has 0 atom stereocenters. The average molecular weight is 293 g/mol. The molecule has 1 fully saturated rings. The van der Waals surface area contributed by atoms with Crippen molar-refractivity contribution in [2.75, 3.05) is 6.54 Å². The monoisotopic (exact) mass is 293 g/mol. The summed E-state index contributed by atoms with van der Waals surface area (Å²) in [6, 6.07) is 2.22. The average Bonchev–Trinajstić information content (AvgIpc) is 2.62. The van der Waals surface area contributed by atoms with Crippen molar-refractivity contribution < 1.29 is 9.59 Å². The molecule has 2 amide bonds. The zero-order chi connectivity index (χ0) is 15.9. The van der Waals surface area contributed by atoms with Crippen LogP contribution >= 0.6 is 0 Å². The largest absolute Gasteiger partial charge is 0.354 e. The van der Waals surface area contributed by atoms with Gasteiger partial charge in [-0.25, -0.2) is 0 Å². The van der Waals surface area contributed by atoms with Crippen molar-refractivity contribution in [3.8, 4) is 6.07 Å². The number of nitriles is 1. The van der Waals surface area contributed by atoms with Gasteiger partial charge in [-0.3, -0.25) is 9.59 Å². The molecule has 0 aromatic carbocycles. The van der Waals surface area contributed by atoms with Crippen LogP contribution in [0.1, 0.15) is 65.7 Å². The number of nitrogens with one attached hydrogen (secondary N) is 2. The minimum absolute atomic E-state index is 0.0883. The lowest BCUT2D eigenvalue weighted by Crippen LogP contribution is -2.44. The van der Waals surface area contributed by atoms with E-state index in [-0.39, 0.29) is 30.3 Å². The number of hydrogen-bond acceptors (Lipinski definition) is 3. The zero-order valence-electron chi connectivity index (χ0n) is 13.4. The lowest BCUT2D eigenvalue weighted by molar-refractivity contribution is -0.129. The summed E-state index contributed by atoms with van der Waals surface area (Å²) in [6.45, 7) is 6.03. The molecule has 5 heteroatoms. The van der Waals surface area contributed by atoms with E-state index < -0.39 is 5.41 Å². The van der Waals surface area contributed by atoms with Crippen LogP contribution < -0.4 is 10.6 Å². The third kappa shape index (κ3) is 5.74. The summed E-state index contributed by atoms with van der Waals surface area (Å²) in [6.07, 6.45) is 5.52. The second-order valence-corrected chi connectivity index (χ2v) is 6.91. The van der Waals surface area contributed by atoms with Crippen LogP contribution in [0.3, 0.4) is 0 Å². The van der Waals surface area contributed by atoms with E-state index in [4.69, 9.17) is 0 Å². The Morgan fingerprint density at radius 1 is 1.14 bits per heavy atom. The van der Waals surface area contributed by atoms with Crippen LogP contribution in [0.4, 0.5) is 0 Å². The SMILES string of the molecule is CC(C)(C)NC(=O)CCNC(=O)C1(C#N)CCCCCC1. The molecule has 21 heavy (non-hydrogen) atoms. The Kier molecular flexibility index (Phi) is 6.19. The van der Waals surface area contributed by atoms with Crippen LogP contribution in [0, 0.1) is 16.7 Å². The minimum atomic E-state index is -0.892. The lowest BCUT2D eigenvalue weighted by atomic mass is 9.81. The van der Waals surface area contributed by atoms with E-state index in [1.54, 1.807) is 0 Å². The third-order valence-corrected chi connectivity index (χ3v) is 3.76. The van der Waals surface area contributed by atoms with Crippen LogP contribution in [0.15, 0.2) is 0 Å². The van der Waals surface area contributed by atoms with Gasteiger partial charge < -0.3 is 10.6 Å². The summed E-state index contributed by atoms with van der Waals surface area (Å²) in [5.74, 6) is -0.301. The van der Waals surface area contributed by atoms with Gasteiger partial charge in [0.1, 0.15) is 5.41 Å². The minimum Gasteiger partial charge on any atom is -0.354 e. The standard InChI is InChI=1S/C16H27N3O2/c1-15(2,3)19-13(20)8-11-18-14(21)16(12-17)9-6-4-5-7-10-16/h4-11H2,1-3H3,(H,18,21)(H,19,20).